The number of morpholine rings is 1. The van der Waals surface area contributed by atoms with Gasteiger partial charge in [-0.15, -0.1) is 11.3 Å². The van der Waals surface area contributed by atoms with E-state index in [1.54, 1.807) is 11.3 Å². The molecule has 1 aliphatic rings. The van der Waals surface area contributed by atoms with Crippen molar-refractivity contribution in [2.45, 2.75) is 6.04 Å². The number of anilines is 1. The van der Waals surface area contributed by atoms with Gasteiger partial charge in [0, 0.05) is 30.7 Å². The summed E-state index contributed by atoms with van der Waals surface area (Å²) in [5, 5.41) is 6.63. The van der Waals surface area contributed by atoms with Gasteiger partial charge in [0.15, 0.2) is 5.13 Å². The Kier molecular flexibility index (Phi) is 4.52. The van der Waals surface area contributed by atoms with E-state index in [1.165, 1.54) is 9.58 Å². The van der Waals surface area contributed by atoms with Crippen LogP contribution in [0.2, 0.25) is 0 Å². The predicted octanol–water partition coefficient (Wildman–Crippen LogP) is 3.24. The molecule has 5 nitrogen and oxygen atoms in total. The van der Waals surface area contributed by atoms with Crippen LogP contribution in [0.4, 0.5) is 5.13 Å². The number of fused-ring (bicyclic) bond motifs is 1. The smallest absolute Gasteiger partial charge is 0.183 e. The Morgan fingerprint density at radius 2 is 2.22 bits per heavy atom. The van der Waals surface area contributed by atoms with Crippen LogP contribution in [0.25, 0.3) is 10.2 Å². The van der Waals surface area contributed by atoms with Crippen LogP contribution in [0.1, 0.15) is 10.9 Å². The van der Waals surface area contributed by atoms with E-state index >= 15 is 0 Å². The number of aromatic nitrogens is 2. The highest BCUT2D eigenvalue weighted by atomic mass is 32.1. The number of hydrogen-bond acceptors (Lipinski definition) is 7. The summed E-state index contributed by atoms with van der Waals surface area (Å²) in [7, 11) is 0. The molecule has 23 heavy (non-hydrogen) atoms. The van der Waals surface area contributed by atoms with Gasteiger partial charge in [0.1, 0.15) is 5.52 Å². The lowest BCUT2D eigenvalue weighted by Crippen LogP contribution is -2.41. The first-order valence-electron chi connectivity index (χ1n) is 7.70. The van der Waals surface area contributed by atoms with Crippen molar-refractivity contribution in [3.05, 3.63) is 40.8 Å². The highest BCUT2D eigenvalue weighted by Crippen LogP contribution is 2.29. The molecule has 4 rings (SSSR count). The minimum atomic E-state index is 0.365. The SMILES string of the molecule is c1csc(C(CNc2nc3cnccc3s2)N2CCOCC2)c1. The number of pyridine rings is 1. The number of thiophene rings is 1. The van der Waals surface area contributed by atoms with Crippen LogP contribution < -0.4 is 5.32 Å². The van der Waals surface area contributed by atoms with Crippen LogP contribution in [0.3, 0.4) is 0 Å². The number of nitrogens with one attached hydrogen (secondary N) is 1. The first-order chi connectivity index (χ1) is 11.4. The average molecular weight is 346 g/mol. The molecule has 7 heteroatoms. The van der Waals surface area contributed by atoms with Crippen molar-refractivity contribution in [1.82, 2.24) is 14.9 Å². The lowest BCUT2D eigenvalue weighted by Gasteiger charge is -2.34. The van der Waals surface area contributed by atoms with Gasteiger partial charge in [0.25, 0.3) is 0 Å². The van der Waals surface area contributed by atoms with E-state index in [0.29, 0.717) is 6.04 Å². The van der Waals surface area contributed by atoms with E-state index in [2.05, 4.69) is 37.7 Å². The quantitative estimate of drug-likeness (QED) is 0.769. The van der Waals surface area contributed by atoms with Crippen molar-refractivity contribution >= 4 is 38.0 Å². The molecule has 1 unspecified atom stereocenters. The van der Waals surface area contributed by atoms with E-state index < -0.39 is 0 Å². The third kappa shape index (κ3) is 3.37. The van der Waals surface area contributed by atoms with E-state index in [1.807, 2.05) is 29.8 Å². The van der Waals surface area contributed by atoms with Crippen molar-refractivity contribution in [2.75, 3.05) is 38.2 Å². The minimum absolute atomic E-state index is 0.365. The van der Waals surface area contributed by atoms with Crippen molar-refractivity contribution < 1.29 is 4.74 Å². The fourth-order valence-corrected chi connectivity index (χ4v) is 4.52. The molecule has 4 heterocycles. The molecular weight excluding hydrogens is 328 g/mol. The zero-order valence-electron chi connectivity index (χ0n) is 12.6. The molecule has 0 saturated carbocycles. The summed E-state index contributed by atoms with van der Waals surface area (Å²) >= 11 is 3.50. The van der Waals surface area contributed by atoms with Gasteiger partial charge in [0.2, 0.25) is 0 Å². The second-order valence-corrected chi connectivity index (χ2v) is 7.43. The summed E-state index contributed by atoms with van der Waals surface area (Å²) in [6.07, 6.45) is 3.63. The maximum absolute atomic E-state index is 5.49. The zero-order chi connectivity index (χ0) is 15.5. The zero-order valence-corrected chi connectivity index (χ0v) is 14.3. The summed E-state index contributed by atoms with van der Waals surface area (Å²) < 4.78 is 6.66. The minimum Gasteiger partial charge on any atom is -0.379 e. The number of thiazole rings is 1. The molecule has 0 amide bonds. The standard InChI is InChI=1S/C16H18N4OS2/c1-2-15(22-9-1)13(20-5-7-21-8-6-20)11-18-16-19-12-10-17-4-3-14(12)23-16/h1-4,9-10,13H,5-8,11H2,(H,18,19). The van der Waals surface area contributed by atoms with Gasteiger partial charge in [-0.2, -0.15) is 0 Å². The molecule has 120 valence electrons. The molecule has 0 aromatic carbocycles. The highest BCUT2D eigenvalue weighted by Gasteiger charge is 2.23. The van der Waals surface area contributed by atoms with E-state index in [-0.39, 0.29) is 0 Å². The van der Waals surface area contributed by atoms with Crippen LogP contribution in [-0.4, -0.2) is 47.7 Å². The Labute approximate surface area is 142 Å². The number of hydrogen-bond donors (Lipinski definition) is 1. The van der Waals surface area contributed by atoms with Crippen LogP contribution in [-0.2, 0) is 4.74 Å². The van der Waals surface area contributed by atoms with Crippen LogP contribution in [0.5, 0.6) is 0 Å². The van der Waals surface area contributed by atoms with Gasteiger partial charge in [-0.3, -0.25) is 9.88 Å². The molecule has 0 spiro atoms. The molecule has 3 aromatic heterocycles. The van der Waals surface area contributed by atoms with Crippen LogP contribution >= 0.6 is 22.7 Å². The Morgan fingerprint density at radius 1 is 1.30 bits per heavy atom. The maximum atomic E-state index is 5.49. The van der Waals surface area contributed by atoms with Crippen LogP contribution in [0.15, 0.2) is 36.0 Å². The molecule has 1 aliphatic heterocycles. The average Bonchev–Trinajstić information content (AvgIpc) is 3.25. The second kappa shape index (κ2) is 6.92. The largest absolute Gasteiger partial charge is 0.379 e. The molecular formula is C16H18N4OS2. The molecule has 1 N–H and O–H groups in total. The summed E-state index contributed by atoms with van der Waals surface area (Å²) in [6.45, 7) is 4.44. The fourth-order valence-electron chi connectivity index (χ4n) is 2.82. The predicted molar refractivity (Wildman–Crippen MR) is 95.4 cm³/mol. The molecule has 1 atom stereocenters. The maximum Gasteiger partial charge on any atom is 0.183 e. The van der Waals surface area contributed by atoms with Crippen molar-refractivity contribution in [2.24, 2.45) is 0 Å². The highest BCUT2D eigenvalue weighted by molar-refractivity contribution is 7.22. The Hall–Kier alpha value is -1.54. The summed E-state index contributed by atoms with van der Waals surface area (Å²) in [6, 6.07) is 6.71. The van der Waals surface area contributed by atoms with E-state index in [4.69, 9.17) is 4.74 Å². The first kappa shape index (κ1) is 15.0. The van der Waals surface area contributed by atoms with Gasteiger partial charge < -0.3 is 10.1 Å². The normalized spacial score (nSPS) is 17.4. The Bertz CT molecular complexity index is 719. The molecule has 0 bridgehead atoms. The lowest BCUT2D eigenvalue weighted by molar-refractivity contribution is 0.0194. The second-order valence-electron chi connectivity index (χ2n) is 5.42. The monoisotopic (exact) mass is 346 g/mol. The Morgan fingerprint density at radius 3 is 3.00 bits per heavy atom. The molecule has 0 aliphatic carbocycles. The molecule has 1 fully saturated rings. The summed E-state index contributed by atoms with van der Waals surface area (Å²) in [5.41, 5.74) is 0.957. The van der Waals surface area contributed by atoms with Gasteiger partial charge in [-0.25, -0.2) is 4.98 Å². The van der Waals surface area contributed by atoms with E-state index in [0.717, 1.165) is 43.5 Å². The molecule has 3 aromatic rings. The van der Waals surface area contributed by atoms with Crippen molar-refractivity contribution in [3.8, 4) is 0 Å². The topological polar surface area (TPSA) is 50.3 Å². The third-order valence-corrected chi connectivity index (χ3v) is 5.96. The molecule has 1 saturated heterocycles. The lowest BCUT2D eigenvalue weighted by atomic mass is 10.2. The van der Waals surface area contributed by atoms with Crippen molar-refractivity contribution in [3.63, 3.8) is 0 Å². The summed E-state index contributed by atoms with van der Waals surface area (Å²) in [4.78, 5) is 12.6. The fraction of sp³-hybridized carbons (Fsp3) is 0.375. The molecule has 0 radical (unpaired) electrons. The Balaban J connectivity index is 1.50. The van der Waals surface area contributed by atoms with Gasteiger partial charge >= 0.3 is 0 Å². The number of nitrogens with zero attached hydrogens (tertiary/aromatic N) is 3. The number of ether oxygens (including phenoxy) is 1. The van der Waals surface area contributed by atoms with E-state index in [9.17, 15) is 0 Å². The van der Waals surface area contributed by atoms with Gasteiger partial charge in [-0.05, 0) is 17.5 Å². The van der Waals surface area contributed by atoms with Crippen molar-refractivity contribution in [1.29, 1.82) is 0 Å². The first-order valence-corrected chi connectivity index (χ1v) is 9.39. The third-order valence-electron chi connectivity index (χ3n) is 3.99. The van der Waals surface area contributed by atoms with Gasteiger partial charge in [-0.1, -0.05) is 17.4 Å². The van der Waals surface area contributed by atoms with Gasteiger partial charge in [0.05, 0.1) is 30.2 Å². The summed E-state index contributed by atoms with van der Waals surface area (Å²) in [5.74, 6) is 0. The number of rotatable bonds is 5. The van der Waals surface area contributed by atoms with Crippen LogP contribution in [0, 0.1) is 0 Å².